The lowest BCUT2D eigenvalue weighted by molar-refractivity contribution is 0.0186. The van der Waals surface area contributed by atoms with Crippen molar-refractivity contribution in [2.24, 2.45) is 0 Å². The van der Waals surface area contributed by atoms with Gasteiger partial charge in [-0.15, -0.1) is 0 Å². The quantitative estimate of drug-likeness (QED) is 0.854. The maximum absolute atomic E-state index is 5.83. The van der Waals surface area contributed by atoms with Gasteiger partial charge < -0.3 is 14.8 Å². The van der Waals surface area contributed by atoms with Gasteiger partial charge in [-0.05, 0) is 43.9 Å². The van der Waals surface area contributed by atoms with Gasteiger partial charge in [0.25, 0.3) is 0 Å². The molecule has 1 saturated heterocycles. The Morgan fingerprint density at radius 1 is 1.37 bits per heavy atom. The molecule has 1 N–H and O–H groups in total. The van der Waals surface area contributed by atoms with E-state index in [9.17, 15) is 0 Å². The minimum absolute atomic E-state index is 0.0138. The van der Waals surface area contributed by atoms with Crippen LogP contribution in [0.2, 0.25) is 0 Å². The number of hydrogen-bond donors (Lipinski definition) is 1. The molecule has 1 heterocycles. The van der Waals surface area contributed by atoms with Gasteiger partial charge in [0.2, 0.25) is 0 Å². The second-order valence-corrected chi connectivity index (χ2v) is 5.52. The van der Waals surface area contributed by atoms with Gasteiger partial charge in [-0.1, -0.05) is 19.1 Å². The van der Waals surface area contributed by atoms with Crippen LogP contribution in [-0.2, 0) is 4.74 Å². The second kappa shape index (κ2) is 6.40. The standard InChI is InChI=1S/C16H25NO2/c1-4-15(13-6-8-14(18-3)9-7-13)17-12-16(2)10-5-11-19-16/h6-9,15,17H,4-5,10-12H2,1-3H3. The van der Waals surface area contributed by atoms with Crippen molar-refractivity contribution in [2.75, 3.05) is 20.3 Å². The highest BCUT2D eigenvalue weighted by Crippen LogP contribution is 2.26. The average Bonchev–Trinajstić information content (AvgIpc) is 2.87. The van der Waals surface area contributed by atoms with Crippen molar-refractivity contribution in [1.82, 2.24) is 5.32 Å². The van der Waals surface area contributed by atoms with Crippen molar-refractivity contribution in [1.29, 1.82) is 0 Å². The summed E-state index contributed by atoms with van der Waals surface area (Å²) in [4.78, 5) is 0. The van der Waals surface area contributed by atoms with Crippen molar-refractivity contribution in [2.45, 2.75) is 44.8 Å². The molecule has 19 heavy (non-hydrogen) atoms. The maximum atomic E-state index is 5.83. The SMILES string of the molecule is CCC(NCC1(C)CCCO1)c1ccc(OC)cc1. The Hall–Kier alpha value is -1.06. The van der Waals surface area contributed by atoms with Gasteiger partial charge in [-0.2, -0.15) is 0 Å². The van der Waals surface area contributed by atoms with Crippen molar-refractivity contribution in [3.63, 3.8) is 0 Å². The van der Waals surface area contributed by atoms with Crippen molar-refractivity contribution in [3.8, 4) is 5.75 Å². The normalized spacial score (nSPS) is 24.4. The third kappa shape index (κ3) is 3.71. The molecule has 0 bridgehead atoms. The zero-order chi connectivity index (χ0) is 13.7. The zero-order valence-corrected chi connectivity index (χ0v) is 12.2. The fourth-order valence-electron chi connectivity index (χ4n) is 2.65. The highest BCUT2D eigenvalue weighted by molar-refractivity contribution is 5.29. The fourth-order valence-corrected chi connectivity index (χ4v) is 2.65. The van der Waals surface area contributed by atoms with E-state index in [1.165, 1.54) is 12.0 Å². The molecule has 0 spiro atoms. The summed E-state index contributed by atoms with van der Waals surface area (Å²) in [6.07, 6.45) is 3.40. The van der Waals surface area contributed by atoms with Crippen LogP contribution in [0.15, 0.2) is 24.3 Å². The van der Waals surface area contributed by atoms with Gasteiger partial charge in [0.15, 0.2) is 0 Å². The van der Waals surface area contributed by atoms with Crippen LogP contribution >= 0.6 is 0 Å². The predicted octanol–water partition coefficient (Wildman–Crippen LogP) is 3.31. The molecule has 1 aliphatic rings. The minimum Gasteiger partial charge on any atom is -0.497 e. The van der Waals surface area contributed by atoms with Crippen LogP contribution in [0.3, 0.4) is 0 Å². The van der Waals surface area contributed by atoms with Crippen LogP contribution in [0.1, 0.15) is 44.7 Å². The lowest BCUT2D eigenvalue weighted by Gasteiger charge is -2.27. The molecule has 3 nitrogen and oxygen atoms in total. The summed E-state index contributed by atoms with van der Waals surface area (Å²) in [5.74, 6) is 0.907. The number of nitrogens with one attached hydrogen (secondary N) is 1. The molecule has 1 aliphatic heterocycles. The highest BCUT2D eigenvalue weighted by atomic mass is 16.5. The summed E-state index contributed by atoms with van der Waals surface area (Å²) in [5.41, 5.74) is 1.32. The maximum Gasteiger partial charge on any atom is 0.118 e. The number of benzene rings is 1. The molecule has 3 heteroatoms. The third-order valence-corrected chi connectivity index (χ3v) is 3.95. The van der Waals surface area contributed by atoms with E-state index in [1.54, 1.807) is 7.11 Å². The van der Waals surface area contributed by atoms with E-state index in [2.05, 4.69) is 31.3 Å². The molecule has 106 valence electrons. The fraction of sp³-hybridized carbons (Fsp3) is 0.625. The molecule has 0 amide bonds. The summed E-state index contributed by atoms with van der Waals surface area (Å²) < 4.78 is 11.0. The number of rotatable bonds is 6. The predicted molar refractivity (Wildman–Crippen MR) is 77.6 cm³/mol. The minimum atomic E-state index is 0.0138. The molecular formula is C16H25NO2. The lowest BCUT2D eigenvalue weighted by atomic mass is 10.00. The molecule has 0 aromatic heterocycles. The van der Waals surface area contributed by atoms with E-state index in [-0.39, 0.29) is 5.60 Å². The molecule has 0 radical (unpaired) electrons. The van der Waals surface area contributed by atoms with Gasteiger partial charge in [0.05, 0.1) is 12.7 Å². The van der Waals surface area contributed by atoms with E-state index in [4.69, 9.17) is 9.47 Å². The van der Waals surface area contributed by atoms with Crippen LogP contribution < -0.4 is 10.1 Å². The van der Waals surface area contributed by atoms with Gasteiger partial charge >= 0.3 is 0 Å². The van der Waals surface area contributed by atoms with E-state index >= 15 is 0 Å². The third-order valence-electron chi connectivity index (χ3n) is 3.95. The Bertz CT molecular complexity index is 382. The molecular weight excluding hydrogens is 238 g/mol. The summed E-state index contributed by atoms with van der Waals surface area (Å²) in [5, 5.41) is 3.64. The van der Waals surface area contributed by atoms with Gasteiger partial charge in [-0.25, -0.2) is 0 Å². The Morgan fingerprint density at radius 2 is 2.11 bits per heavy atom. The smallest absolute Gasteiger partial charge is 0.118 e. The Labute approximate surface area is 116 Å². The molecule has 2 rings (SSSR count). The molecule has 2 unspecified atom stereocenters. The van der Waals surface area contributed by atoms with Crippen LogP contribution in [0, 0.1) is 0 Å². The van der Waals surface area contributed by atoms with E-state index < -0.39 is 0 Å². The topological polar surface area (TPSA) is 30.5 Å². The lowest BCUT2D eigenvalue weighted by Crippen LogP contribution is -2.38. The number of ether oxygens (including phenoxy) is 2. The first kappa shape index (κ1) is 14.4. The van der Waals surface area contributed by atoms with Gasteiger partial charge in [-0.3, -0.25) is 0 Å². The first-order chi connectivity index (χ1) is 9.17. The second-order valence-electron chi connectivity index (χ2n) is 5.52. The molecule has 0 saturated carbocycles. The first-order valence-electron chi connectivity index (χ1n) is 7.18. The molecule has 2 atom stereocenters. The van der Waals surface area contributed by atoms with E-state index in [0.29, 0.717) is 6.04 Å². The monoisotopic (exact) mass is 263 g/mol. The highest BCUT2D eigenvalue weighted by Gasteiger charge is 2.30. The average molecular weight is 263 g/mol. The van der Waals surface area contributed by atoms with Crippen LogP contribution in [0.25, 0.3) is 0 Å². The van der Waals surface area contributed by atoms with Crippen LogP contribution in [0.5, 0.6) is 5.75 Å². The summed E-state index contributed by atoms with van der Waals surface area (Å²) >= 11 is 0. The summed E-state index contributed by atoms with van der Waals surface area (Å²) in [6.45, 7) is 6.22. The Balaban J connectivity index is 1.95. The van der Waals surface area contributed by atoms with E-state index in [1.807, 2.05) is 12.1 Å². The van der Waals surface area contributed by atoms with Crippen LogP contribution in [0.4, 0.5) is 0 Å². The van der Waals surface area contributed by atoms with Crippen molar-refractivity contribution >= 4 is 0 Å². The first-order valence-corrected chi connectivity index (χ1v) is 7.18. The molecule has 1 aromatic rings. The summed E-state index contributed by atoms with van der Waals surface area (Å²) in [7, 11) is 1.70. The molecule has 1 fully saturated rings. The molecule has 0 aliphatic carbocycles. The molecule has 1 aromatic carbocycles. The Morgan fingerprint density at radius 3 is 2.63 bits per heavy atom. The van der Waals surface area contributed by atoms with E-state index in [0.717, 1.165) is 31.7 Å². The van der Waals surface area contributed by atoms with Gasteiger partial charge in [0, 0.05) is 19.2 Å². The van der Waals surface area contributed by atoms with Crippen molar-refractivity contribution in [3.05, 3.63) is 29.8 Å². The largest absolute Gasteiger partial charge is 0.497 e. The number of methoxy groups -OCH3 is 1. The summed E-state index contributed by atoms with van der Waals surface area (Å²) in [6, 6.07) is 8.70. The Kier molecular flexibility index (Phi) is 4.83. The van der Waals surface area contributed by atoms with Crippen LogP contribution in [-0.4, -0.2) is 25.9 Å². The van der Waals surface area contributed by atoms with Gasteiger partial charge in [0.1, 0.15) is 5.75 Å². The zero-order valence-electron chi connectivity index (χ0n) is 12.2. The van der Waals surface area contributed by atoms with Crippen molar-refractivity contribution < 1.29 is 9.47 Å². The number of hydrogen-bond acceptors (Lipinski definition) is 3.